The summed E-state index contributed by atoms with van der Waals surface area (Å²) in [5, 5.41) is 3.86. The molecule has 9 heteroatoms. The molecule has 0 unspecified atom stereocenters. The Hall–Kier alpha value is -2.68. The molecule has 0 saturated heterocycles. The average molecular weight is 330 g/mol. The smallest absolute Gasteiger partial charge is 0.200 e. The van der Waals surface area contributed by atoms with Crippen molar-refractivity contribution >= 4 is 26.6 Å². The SMILES string of the molecule is CS(=O)(=O)CCNc1nc(-c2ncncn2)nc2ccccc12. The Morgan fingerprint density at radius 3 is 2.52 bits per heavy atom. The second-order valence-electron chi connectivity index (χ2n) is 4.93. The lowest BCUT2D eigenvalue weighted by atomic mass is 10.2. The fourth-order valence-corrected chi connectivity index (χ4v) is 2.49. The van der Waals surface area contributed by atoms with E-state index in [9.17, 15) is 8.42 Å². The first kappa shape index (κ1) is 15.2. The molecule has 0 atom stereocenters. The molecule has 1 N–H and O–H groups in total. The largest absolute Gasteiger partial charge is 0.368 e. The Bertz CT molecular complexity index is 930. The molecule has 0 spiro atoms. The number of para-hydroxylation sites is 1. The number of hydrogen-bond acceptors (Lipinski definition) is 8. The van der Waals surface area contributed by atoms with Gasteiger partial charge in [-0.15, -0.1) is 0 Å². The van der Waals surface area contributed by atoms with Crippen LogP contribution in [0.4, 0.5) is 5.82 Å². The lowest BCUT2D eigenvalue weighted by Crippen LogP contribution is -2.15. The predicted molar refractivity (Wildman–Crippen MR) is 86.6 cm³/mol. The summed E-state index contributed by atoms with van der Waals surface area (Å²) >= 11 is 0. The molecule has 118 valence electrons. The summed E-state index contributed by atoms with van der Waals surface area (Å²) in [6, 6.07) is 7.46. The lowest BCUT2D eigenvalue weighted by molar-refractivity contribution is 0.602. The van der Waals surface area contributed by atoms with Crippen LogP contribution >= 0.6 is 0 Å². The maximum Gasteiger partial charge on any atom is 0.200 e. The van der Waals surface area contributed by atoms with E-state index >= 15 is 0 Å². The summed E-state index contributed by atoms with van der Waals surface area (Å²) in [6.45, 7) is 0.260. The van der Waals surface area contributed by atoms with Crippen LogP contribution in [-0.2, 0) is 9.84 Å². The lowest BCUT2D eigenvalue weighted by Gasteiger charge is -2.09. The number of nitrogens with zero attached hydrogens (tertiary/aromatic N) is 5. The highest BCUT2D eigenvalue weighted by Gasteiger charge is 2.11. The van der Waals surface area contributed by atoms with Gasteiger partial charge in [0, 0.05) is 18.2 Å². The first-order valence-electron chi connectivity index (χ1n) is 6.84. The molecule has 0 amide bonds. The standard InChI is InChI=1S/C14H14N6O2S/c1-23(21,22)7-6-16-12-10-4-2-3-5-11(10)19-14(20-12)13-17-8-15-9-18-13/h2-5,8-9H,6-7H2,1H3,(H,16,19,20). The van der Waals surface area contributed by atoms with Crippen molar-refractivity contribution in [2.24, 2.45) is 0 Å². The van der Waals surface area contributed by atoms with Gasteiger partial charge < -0.3 is 5.32 Å². The van der Waals surface area contributed by atoms with Crippen LogP contribution in [0.2, 0.25) is 0 Å². The number of rotatable bonds is 5. The van der Waals surface area contributed by atoms with Crippen molar-refractivity contribution in [2.75, 3.05) is 23.9 Å². The molecule has 23 heavy (non-hydrogen) atoms. The number of benzene rings is 1. The molecule has 0 saturated carbocycles. The van der Waals surface area contributed by atoms with Crippen LogP contribution in [0.15, 0.2) is 36.9 Å². The van der Waals surface area contributed by atoms with Gasteiger partial charge >= 0.3 is 0 Å². The molecular weight excluding hydrogens is 316 g/mol. The average Bonchev–Trinajstić information content (AvgIpc) is 2.54. The predicted octanol–water partition coefficient (Wildman–Crippen LogP) is 0.938. The highest BCUT2D eigenvalue weighted by atomic mass is 32.2. The highest BCUT2D eigenvalue weighted by molar-refractivity contribution is 7.90. The molecule has 2 aromatic heterocycles. The Labute approximate surface area is 133 Å². The number of hydrogen-bond donors (Lipinski definition) is 1. The Kier molecular flexibility index (Phi) is 4.11. The van der Waals surface area contributed by atoms with Gasteiger partial charge in [-0.25, -0.2) is 33.3 Å². The molecular formula is C14H14N6O2S. The quantitative estimate of drug-likeness (QED) is 0.736. The highest BCUT2D eigenvalue weighted by Crippen LogP contribution is 2.22. The van der Waals surface area contributed by atoms with Crippen molar-refractivity contribution in [3.63, 3.8) is 0 Å². The van der Waals surface area contributed by atoms with Gasteiger partial charge in [-0.05, 0) is 12.1 Å². The van der Waals surface area contributed by atoms with Crippen molar-refractivity contribution < 1.29 is 8.42 Å². The minimum absolute atomic E-state index is 0.0203. The number of anilines is 1. The van der Waals surface area contributed by atoms with E-state index in [2.05, 4.69) is 30.2 Å². The third-order valence-corrected chi connectivity index (χ3v) is 4.01. The minimum atomic E-state index is -3.05. The Balaban J connectivity index is 2.01. The number of nitrogens with one attached hydrogen (secondary N) is 1. The van der Waals surface area contributed by atoms with Gasteiger partial charge in [0.1, 0.15) is 28.3 Å². The molecule has 0 radical (unpaired) electrons. The Morgan fingerprint density at radius 2 is 1.78 bits per heavy atom. The van der Waals surface area contributed by atoms with Crippen molar-refractivity contribution in [1.82, 2.24) is 24.9 Å². The van der Waals surface area contributed by atoms with Crippen LogP contribution in [0.3, 0.4) is 0 Å². The molecule has 3 aromatic rings. The summed E-state index contributed by atoms with van der Waals surface area (Å²) < 4.78 is 22.5. The van der Waals surface area contributed by atoms with Gasteiger partial charge in [0.2, 0.25) is 5.82 Å². The molecule has 1 aromatic carbocycles. The number of aromatic nitrogens is 5. The molecule has 3 rings (SSSR count). The van der Waals surface area contributed by atoms with Gasteiger partial charge in [0.25, 0.3) is 0 Å². The van der Waals surface area contributed by atoms with E-state index in [-0.39, 0.29) is 12.3 Å². The van der Waals surface area contributed by atoms with Crippen molar-refractivity contribution in [2.45, 2.75) is 0 Å². The van der Waals surface area contributed by atoms with Gasteiger partial charge in [-0.1, -0.05) is 12.1 Å². The number of sulfone groups is 1. The first-order valence-corrected chi connectivity index (χ1v) is 8.90. The summed E-state index contributed by atoms with van der Waals surface area (Å²) in [5.74, 6) is 1.28. The van der Waals surface area contributed by atoms with Crippen LogP contribution < -0.4 is 5.32 Å². The molecule has 0 aliphatic heterocycles. The summed E-state index contributed by atoms with van der Waals surface area (Å²) in [5.41, 5.74) is 0.722. The molecule has 2 heterocycles. The van der Waals surface area contributed by atoms with E-state index in [0.717, 1.165) is 10.9 Å². The van der Waals surface area contributed by atoms with E-state index in [1.54, 1.807) is 0 Å². The van der Waals surface area contributed by atoms with Crippen LogP contribution in [0.1, 0.15) is 0 Å². The Morgan fingerprint density at radius 1 is 1.04 bits per heavy atom. The fourth-order valence-electron chi connectivity index (χ4n) is 2.02. The van der Waals surface area contributed by atoms with Crippen LogP contribution in [0.5, 0.6) is 0 Å². The summed E-state index contributed by atoms with van der Waals surface area (Å²) in [7, 11) is -3.05. The van der Waals surface area contributed by atoms with Crippen LogP contribution in [0.25, 0.3) is 22.6 Å². The monoisotopic (exact) mass is 330 g/mol. The second-order valence-corrected chi connectivity index (χ2v) is 7.19. The first-order chi connectivity index (χ1) is 11.0. The van der Waals surface area contributed by atoms with Gasteiger partial charge in [-0.2, -0.15) is 0 Å². The maximum atomic E-state index is 11.3. The molecule has 0 bridgehead atoms. The summed E-state index contributed by atoms with van der Waals surface area (Å²) in [6.07, 6.45) is 3.94. The third-order valence-electron chi connectivity index (χ3n) is 3.06. The zero-order chi connectivity index (χ0) is 16.3. The van der Waals surface area contributed by atoms with E-state index in [4.69, 9.17) is 0 Å². The zero-order valence-electron chi connectivity index (χ0n) is 12.3. The zero-order valence-corrected chi connectivity index (χ0v) is 13.2. The third kappa shape index (κ3) is 3.75. The van der Waals surface area contributed by atoms with Crippen molar-refractivity contribution in [3.05, 3.63) is 36.9 Å². The molecule has 0 fully saturated rings. The molecule has 8 nitrogen and oxygen atoms in total. The minimum Gasteiger partial charge on any atom is -0.368 e. The fraction of sp³-hybridized carbons (Fsp3) is 0.214. The van der Waals surface area contributed by atoms with E-state index in [0.29, 0.717) is 17.5 Å². The van der Waals surface area contributed by atoms with Crippen LogP contribution in [0, 0.1) is 0 Å². The molecule has 0 aliphatic carbocycles. The van der Waals surface area contributed by atoms with E-state index in [1.807, 2.05) is 24.3 Å². The van der Waals surface area contributed by atoms with E-state index < -0.39 is 9.84 Å². The van der Waals surface area contributed by atoms with Gasteiger partial charge in [0.05, 0.1) is 11.3 Å². The van der Waals surface area contributed by atoms with Crippen molar-refractivity contribution in [1.29, 1.82) is 0 Å². The molecule has 0 aliphatic rings. The van der Waals surface area contributed by atoms with Crippen LogP contribution in [-0.4, -0.2) is 51.9 Å². The van der Waals surface area contributed by atoms with Gasteiger partial charge in [-0.3, -0.25) is 0 Å². The van der Waals surface area contributed by atoms with Gasteiger partial charge in [0.15, 0.2) is 5.82 Å². The van der Waals surface area contributed by atoms with E-state index in [1.165, 1.54) is 18.9 Å². The second kappa shape index (κ2) is 6.21. The van der Waals surface area contributed by atoms with Crippen molar-refractivity contribution in [3.8, 4) is 11.6 Å². The normalized spacial score (nSPS) is 11.5. The number of fused-ring (bicyclic) bond motifs is 1. The maximum absolute atomic E-state index is 11.3. The summed E-state index contributed by atoms with van der Waals surface area (Å²) in [4.78, 5) is 20.7. The topological polar surface area (TPSA) is 111 Å².